The van der Waals surface area contributed by atoms with Crippen molar-refractivity contribution in [2.45, 2.75) is 19.9 Å². The Labute approximate surface area is 182 Å². The van der Waals surface area contributed by atoms with Gasteiger partial charge >= 0.3 is 5.91 Å². The zero-order chi connectivity index (χ0) is 22.3. The lowest BCUT2D eigenvalue weighted by atomic mass is 9.95. The van der Waals surface area contributed by atoms with E-state index in [4.69, 9.17) is 4.74 Å². The molecule has 1 saturated heterocycles. The van der Waals surface area contributed by atoms with Crippen molar-refractivity contribution in [3.63, 3.8) is 0 Å². The van der Waals surface area contributed by atoms with Gasteiger partial charge in [0.25, 0.3) is 5.78 Å². The Kier molecular flexibility index (Phi) is 5.32. The lowest BCUT2D eigenvalue weighted by Gasteiger charge is -2.23. The summed E-state index contributed by atoms with van der Waals surface area (Å²) in [6, 6.07) is 11.1. The van der Waals surface area contributed by atoms with Crippen molar-refractivity contribution in [1.82, 2.24) is 4.98 Å². The number of hydrogen-bond donors (Lipinski definition) is 1. The highest BCUT2D eigenvalue weighted by Gasteiger charge is 2.48. The monoisotopic (exact) mass is 438 g/mol. The quantitative estimate of drug-likeness (QED) is 0.368. The minimum Gasteiger partial charge on any atom is -0.507 e. The van der Waals surface area contributed by atoms with E-state index in [9.17, 15) is 19.1 Å². The number of nitrogens with zero attached hydrogens (tertiary/aromatic N) is 2. The van der Waals surface area contributed by atoms with Crippen LogP contribution < -0.4 is 9.64 Å². The van der Waals surface area contributed by atoms with Crippen LogP contribution in [0, 0.1) is 19.7 Å². The Hall–Kier alpha value is -3.52. The van der Waals surface area contributed by atoms with Crippen molar-refractivity contribution < 1.29 is 23.8 Å². The maximum absolute atomic E-state index is 13.4. The summed E-state index contributed by atoms with van der Waals surface area (Å²) >= 11 is 1.29. The molecule has 1 aliphatic rings. The molecule has 0 radical (unpaired) electrons. The molecular weight excluding hydrogens is 419 g/mol. The summed E-state index contributed by atoms with van der Waals surface area (Å²) in [6.45, 7) is 3.71. The molecule has 8 heteroatoms. The normalized spacial score (nSPS) is 17.9. The highest BCUT2D eigenvalue weighted by Crippen LogP contribution is 2.44. The van der Waals surface area contributed by atoms with Gasteiger partial charge in [-0.1, -0.05) is 12.1 Å². The summed E-state index contributed by atoms with van der Waals surface area (Å²) in [5, 5.41) is 11.4. The third-order valence-corrected chi connectivity index (χ3v) is 6.27. The van der Waals surface area contributed by atoms with Gasteiger partial charge in [0.2, 0.25) is 0 Å². The number of ketones is 1. The van der Waals surface area contributed by atoms with Crippen LogP contribution in [-0.2, 0) is 9.59 Å². The van der Waals surface area contributed by atoms with Gasteiger partial charge in [0.1, 0.15) is 17.3 Å². The predicted molar refractivity (Wildman–Crippen MR) is 116 cm³/mol. The molecule has 1 aromatic heterocycles. The number of thiazole rings is 1. The van der Waals surface area contributed by atoms with Crippen LogP contribution in [0.25, 0.3) is 5.76 Å². The summed E-state index contributed by atoms with van der Waals surface area (Å²) in [6.07, 6.45) is 0. The number of aliphatic hydroxyl groups excluding tert-OH is 1. The molecule has 31 heavy (non-hydrogen) atoms. The number of aryl methyl sites for hydroxylation is 2. The predicted octanol–water partition coefficient (Wildman–Crippen LogP) is 4.53. The van der Waals surface area contributed by atoms with Crippen LogP contribution in [0.2, 0.25) is 0 Å². The molecule has 4 rings (SSSR count). The minimum atomic E-state index is -0.912. The topological polar surface area (TPSA) is 79.7 Å². The largest absolute Gasteiger partial charge is 0.507 e. The number of ether oxygens (including phenoxy) is 1. The molecule has 0 bridgehead atoms. The number of anilines is 1. The Bertz CT molecular complexity index is 1200. The number of hydrogen-bond acceptors (Lipinski definition) is 6. The van der Waals surface area contributed by atoms with Gasteiger partial charge < -0.3 is 9.84 Å². The van der Waals surface area contributed by atoms with E-state index in [1.54, 1.807) is 24.3 Å². The number of benzene rings is 2. The second-order valence-electron chi connectivity index (χ2n) is 7.09. The highest BCUT2D eigenvalue weighted by molar-refractivity contribution is 7.16. The smallest absolute Gasteiger partial charge is 0.301 e. The van der Waals surface area contributed by atoms with Gasteiger partial charge in [-0.3, -0.25) is 14.5 Å². The van der Waals surface area contributed by atoms with E-state index in [1.807, 2.05) is 13.8 Å². The molecule has 1 aliphatic heterocycles. The molecule has 1 amide bonds. The van der Waals surface area contributed by atoms with E-state index < -0.39 is 23.5 Å². The van der Waals surface area contributed by atoms with Crippen molar-refractivity contribution in [2.24, 2.45) is 0 Å². The van der Waals surface area contributed by atoms with Crippen molar-refractivity contribution in [1.29, 1.82) is 0 Å². The van der Waals surface area contributed by atoms with Crippen LogP contribution in [0.5, 0.6) is 5.75 Å². The first-order chi connectivity index (χ1) is 14.8. The van der Waals surface area contributed by atoms with Gasteiger partial charge in [0.05, 0.1) is 24.4 Å². The first kappa shape index (κ1) is 20.7. The number of halogens is 1. The molecule has 6 nitrogen and oxygen atoms in total. The summed E-state index contributed by atoms with van der Waals surface area (Å²) < 4.78 is 18.7. The lowest BCUT2D eigenvalue weighted by molar-refractivity contribution is -0.132. The first-order valence-electron chi connectivity index (χ1n) is 9.46. The zero-order valence-corrected chi connectivity index (χ0v) is 17.9. The molecule has 1 atom stereocenters. The van der Waals surface area contributed by atoms with E-state index in [2.05, 4.69) is 4.98 Å². The molecule has 0 spiro atoms. The maximum Gasteiger partial charge on any atom is 0.301 e. The van der Waals surface area contributed by atoms with Crippen LogP contribution >= 0.6 is 11.3 Å². The zero-order valence-electron chi connectivity index (χ0n) is 17.0. The fourth-order valence-corrected chi connectivity index (χ4v) is 4.42. The summed E-state index contributed by atoms with van der Waals surface area (Å²) in [5.41, 5.74) is 1.48. The first-order valence-corrected chi connectivity index (χ1v) is 10.3. The van der Waals surface area contributed by atoms with Gasteiger partial charge in [0, 0.05) is 10.4 Å². The van der Waals surface area contributed by atoms with Crippen LogP contribution in [0.3, 0.4) is 0 Å². The SMILES string of the molecule is COc1cccc([C@H]2C(=C(O)c3ccc(F)cc3)C(=O)C(=O)N2c2nc(C)c(C)s2)c1. The van der Waals surface area contributed by atoms with E-state index in [0.717, 1.165) is 10.6 Å². The molecule has 158 valence electrons. The molecule has 1 N–H and O–H groups in total. The van der Waals surface area contributed by atoms with Gasteiger partial charge in [-0.25, -0.2) is 9.37 Å². The summed E-state index contributed by atoms with van der Waals surface area (Å²) in [4.78, 5) is 32.8. The number of methoxy groups -OCH3 is 1. The fourth-order valence-electron chi connectivity index (χ4n) is 3.48. The van der Waals surface area contributed by atoms with Gasteiger partial charge in [0.15, 0.2) is 5.13 Å². The van der Waals surface area contributed by atoms with Crippen molar-refractivity contribution >= 4 is 33.9 Å². The number of aromatic nitrogens is 1. The van der Waals surface area contributed by atoms with E-state index >= 15 is 0 Å². The summed E-state index contributed by atoms with van der Waals surface area (Å²) in [5.74, 6) is -1.93. The lowest BCUT2D eigenvalue weighted by Crippen LogP contribution is -2.29. The van der Waals surface area contributed by atoms with E-state index in [0.29, 0.717) is 16.4 Å². The van der Waals surface area contributed by atoms with Crippen LogP contribution in [0.1, 0.15) is 27.7 Å². The van der Waals surface area contributed by atoms with Crippen LogP contribution in [0.15, 0.2) is 54.1 Å². The van der Waals surface area contributed by atoms with Crippen molar-refractivity contribution in [3.05, 3.63) is 81.6 Å². The number of Topliss-reactive ketones (excluding diaryl/α,β-unsaturated/α-hetero) is 1. The maximum atomic E-state index is 13.4. The molecule has 0 saturated carbocycles. The number of rotatable bonds is 4. The van der Waals surface area contributed by atoms with E-state index in [-0.39, 0.29) is 16.9 Å². The minimum absolute atomic E-state index is 0.0876. The second-order valence-corrected chi connectivity index (χ2v) is 8.27. The summed E-state index contributed by atoms with van der Waals surface area (Å²) in [7, 11) is 1.52. The molecule has 3 aromatic rings. The average Bonchev–Trinajstić information content (AvgIpc) is 3.23. The van der Waals surface area contributed by atoms with Crippen LogP contribution in [0.4, 0.5) is 9.52 Å². The average molecular weight is 438 g/mol. The second kappa shape index (κ2) is 7.96. The number of aliphatic hydroxyl groups is 1. The Morgan fingerprint density at radius 3 is 2.48 bits per heavy atom. The Balaban J connectivity index is 1.96. The Morgan fingerprint density at radius 2 is 1.87 bits per heavy atom. The standard InChI is InChI=1S/C23H19FN2O4S/c1-12-13(2)31-23(25-12)26-19(15-5-4-6-17(11-15)30-3)18(21(28)22(26)29)20(27)14-7-9-16(24)10-8-14/h4-11,19,27H,1-3H3/t19-/m0/s1. The number of amides is 1. The molecule has 1 fully saturated rings. The molecule has 2 aromatic carbocycles. The molecular formula is C23H19FN2O4S. The third-order valence-electron chi connectivity index (χ3n) is 5.19. The molecule has 2 heterocycles. The van der Waals surface area contributed by atoms with Gasteiger partial charge in [-0.2, -0.15) is 0 Å². The Morgan fingerprint density at radius 1 is 1.16 bits per heavy atom. The van der Waals surface area contributed by atoms with Crippen molar-refractivity contribution in [2.75, 3.05) is 12.0 Å². The highest BCUT2D eigenvalue weighted by atomic mass is 32.1. The van der Waals surface area contributed by atoms with Crippen molar-refractivity contribution in [3.8, 4) is 5.75 Å². The molecule has 0 unspecified atom stereocenters. The number of carbonyl (C=O) groups excluding carboxylic acids is 2. The third kappa shape index (κ3) is 3.59. The number of carbonyl (C=O) groups is 2. The van der Waals surface area contributed by atoms with Gasteiger partial charge in [-0.05, 0) is 55.8 Å². The molecule has 0 aliphatic carbocycles. The van der Waals surface area contributed by atoms with Gasteiger partial charge in [-0.15, -0.1) is 11.3 Å². The van der Waals surface area contributed by atoms with E-state index in [1.165, 1.54) is 47.6 Å². The fraction of sp³-hybridized carbons (Fsp3) is 0.174. The van der Waals surface area contributed by atoms with Crippen LogP contribution in [-0.4, -0.2) is 28.9 Å².